The van der Waals surface area contributed by atoms with E-state index in [1.807, 2.05) is 24.3 Å². The van der Waals surface area contributed by atoms with E-state index in [-0.39, 0.29) is 5.78 Å². The molecule has 0 N–H and O–H groups in total. The van der Waals surface area contributed by atoms with Crippen LogP contribution in [0.25, 0.3) is 22.4 Å². The molecule has 1 aromatic carbocycles. The first-order valence-electron chi connectivity index (χ1n) is 5.71. The number of nitrogens with zero attached hydrogens (tertiary/aromatic N) is 3. The van der Waals surface area contributed by atoms with Crippen LogP contribution >= 0.6 is 15.9 Å². The number of hydrogen-bond acceptors (Lipinski definition) is 4. The van der Waals surface area contributed by atoms with Crippen LogP contribution in [0.5, 0.6) is 0 Å². The number of carbonyl (C=O) groups is 1. The van der Waals surface area contributed by atoms with Crippen molar-refractivity contribution in [3.8, 4) is 11.3 Å². The molecule has 0 spiro atoms. The van der Waals surface area contributed by atoms with Gasteiger partial charge in [0.05, 0.1) is 0 Å². The Labute approximate surface area is 116 Å². The fourth-order valence-corrected chi connectivity index (χ4v) is 2.60. The Morgan fingerprint density at radius 3 is 2.63 bits per heavy atom. The Hall–Kier alpha value is -2.14. The van der Waals surface area contributed by atoms with Gasteiger partial charge in [-0.2, -0.15) is 0 Å². The third-order valence-corrected chi connectivity index (χ3v) is 3.56. The van der Waals surface area contributed by atoms with Crippen molar-refractivity contribution in [3.63, 3.8) is 0 Å². The monoisotopic (exact) mass is 311 g/mol. The number of halogens is 1. The van der Waals surface area contributed by atoms with Crippen LogP contribution in [0.15, 0.2) is 41.0 Å². The van der Waals surface area contributed by atoms with Crippen molar-refractivity contribution in [3.05, 3.63) is 52.3 Å². The molecule has 0 unspecified atom stereocenters. The molecule has 4 nitrogen and oxygen atoms in total. The van der Waals surface area contributed by atoms with E-state index in [1.54, 1.807) is 12.3 Å². The van der Waals surface area contributed by atoms with E-state index in [4.69, 9.17) is 0 Å². The summed E-state index contributed by atoms with van der Waals surface area (Å²) in [5, 5.41) is 0. The average Bonchev–Trinajstić information content (AvgIpc) is 2.70. The minimum Gasteiger partial charge on any atom is -0.287 e. The second-order valence-electron chi connectivity index (χ2n) is 4.29. The van der Waals surface area contributed by atoms with E-state index in [0.717, 1.165) is 10.0 Å². The topological polar surface area (TPSA) is 55.7 Å². The van der Waals surface area contributed by atoms with E-state index < -0.39 is 0 Å². The summed E-state index contributed by atoms with van der Waals surface area (Å²) < 4.78 is 0.817. The van der Waals surface area contributed by atoms with E-state index in [0.29, 0.717) is 28.1 Å². The Morgan fingerprint density at radius 2 is 1.79 bits per heavy atom. The highest BCUT2D eigenvalue weighted by Crippen LogP contribution is 2.34. The third kappa shape index (κ3) is 1.45. The summed E-state index contributed by atoms with van der Waals surface area (Å²) in [5.74, 6) is -0.0695. The molecule has 0 amide bonds. The van der Waals surface area contributed by atoms with Crippen molar-refractivity contribution < 1.29 is 4.79 Å². The van der Waals surface area contributed by atoms with Gasteiger partial charge >= 0.3 is 0 Å². The first kappa shape index (κ1) is 10.8. The molecule has 4 rings (SSSR count). The number of fused-ring (bicyclic) bond motifs is 4. The summed E-state index contributed by atoms with van der Waals surface area (Å²) in [6.45, 7) is 0. The number of aromatic nitrogens is 3. The summed E-state index contributed by atoms with van der Waals surface area (Å²) in [6.07, 6.45) is 1.67. The molecule has 0 aliphatic heterocycles. The molecule has 19 heavy (non-hydrogen) atoms. The van der Waals surface area contributed by atoms with E-state index >= 15 is 0 Å². The molecule has 0 saturated heterocycles. The summed E-state index contributed by atoms with van der Waals surface area (Å²) in [5.41, 5.74) is 3.70. The molecule has 2 aromatic heterocycles. The van der Waals surface area contributed by atoms with Crippen LogP contribution in [0.2, 0.25) is 0 Å². The van der Waals surface area contributed by atoms with Gasteiger partial charge in [-0.3, -0.25) is 4.79 Å². The van der Waals surface area contributed by atoms with E-state index in [9.17, 15) is 4.79 Å². The van der Waals surface area contributed by atoms with Crippen LogP contribution in [0, 0.1) is 0 Å². The highest BCUT2D eigenvalue weighted by Gasteiger charge is 2.29. The second-order valence-corrected chi connectivity index (χ2v) is 5.21. The number of carbonyl (C=O) groups excluding carboxylic acids is 1. The van der Waals surface area contributed by atoms with Gasteiger partial charge in [-0.1, -0.05) is 24.3 Å². The molecule has 0 bridgehead atoms. The fraction of sp³-hybridized carbons (Fsp3) is 0. The van der Waals surface area contributed by atoms with Crippen molar-refractivity contribution in [1.82, 2.24) is 15.0 Å². The second kappa shape index (κ2) is 3.68. The predicted octanol–water partition coefficient (Wildman–Crippen LogP) is 3.00. The van der Waals surface area contributed by atoms with Crippen molar-refractivity contribution in [1.29, 1.82) is 0 Å². The highest BCUT2D eigenvalue weighted by atomic mass is 79.9. The minimum atomic E-state index is -0.0695. The van der Waals surface area contributed by atoms with Gasteiger partial charge in [-0.25, -0.2) is 15.0 Å². The smallest absolute Gasteiger partial charge is 0.214 e. The van der Waals surface area contributed by atoms with Crippen molar-refractivity contribution in [2.75, 3.05) is 0 Å². The van der Waals surface area contributed by atoms with E-state index in [1.165, 1.54) is 0 Å². The van der Waals surface area contributed by atoms with Crippen LogP contribution in [-0.4, -0.2) is 20.7 Å². The zero-order chi connectivity index (χ0) is 13.0. The van der Waals surface area contributed by atoms with Crippen LogP contribution < -0.4 is 0 Å². The maximum atomic E-state index is 12.3. The third-order valence-electron chi connectivity index (χ3n) is 3.13. The predicted molar refractivity (Wildman–Crippen MR) is 73.9 cm³/mol. The molecule has 0 atom stereocenters. The van der Waals surface area contributed by atoms with Crippen molar-refractivity contribution >= 4 is 32.9 Å². The van der Waals surface area contributed by atoms with Gasteiger partial charge in [-0.05, 0) is 22.0 Å². The number of benzene rings is 1. The van der Waals surface area contributed by atoms with Gasteiger partial charge in [0.25, 0.3) is 0 Å². The lowest BCUT2D eigenvalue weighted by Gasteiger charge is -2.01. The van der Waals surface area contributed by atoms with Crippen LogP contribution in [0.3, 0.4) is 0 Å². The van der Waals surface area contributed by atoms with Gasteiger partial charge in [-0.15, -0.1) is 0 Å². The lowest BCUT2D eigenvalue weighted by atomic mass is 10.1. The molecule has 1 aliphatic carbocycles. The van der Waals surface area contributed by atoms with E-state index in [2.05, 4.69) is 30.9 Å². The highest BCUT2D eigenvalue weighted by molar-refractivity contribution is 9.10. The van der Waals surface area contributed by atoms with Crippen LogP contribution in [0.1, 0.15) is 16.1 Å². The largest absolute Gasteiger partial charge is 0.287 e. The maximum absolute atomic E-state index is 12.3. The zero-order valence-corrected chi connectivity index (χ0v) is 11.2. The Morgan fingerprint density at radius 1 is 1.00 bits per heavy atom. The van der Waals surface area contributed by atoms with Gasteiger partial charge in [0.2, 0.25) is 5.78 Å². The first-order chi connectivity index (χ1) is 9.24. The van der Waals surface area contributed by atoms with Crippen molar-refractivity contribution in [2.45, 2.75) is 0 Å². The van der Waals surface area contributed by atoms with Gasteiger partial charge in [0.15, 0.2) is 5.65 Å². The van der Waals surface area contributed by atoms with Crippen LogP contribution in [0.4, 0.5) is 0 Å². The Kier molecular flexibility index (Phi) is 2.08. The lowest BCUT2D eigenvalue weighted by molar-refractivity contribution is 0.103. The molecule has 1 aliphatic rings. The first-order valence-corrected chi connectivity index (χ1v) is 6.51. The maximum Gasteiger partial charge on any atom is 0.214 e. The van der Waals surface area contributed by atoms with Gasteiger partial charge in [0.1, 0.15) is 16.9 Å². The summed E-state index contributed by atoms with van der Waals surface area (Å²) in [7, 11) is 0. The number of ketones is 1. The molecule has 5 heteroatoms. The molecule has 90 valence electrons. The molecule has 2 heterocycles. The molecular weight excluding hydrogens is 306 g/mol. The van der Waals surface area contributed by atoms with Gasteiger partial charge in [0, 0.05) is 21.8 Å². The standard InChI is InChI=1S/C14H6BrN3O/c15-7-5-10-14(16-6-7)18-11-8-3-1-2-4-9(8)13(19)12(11)17-10/h1-6H. The number of rotatable bonds is 0. The average molecular weight is 312 g/mol. The number of pyridine rings is 1. The molecule has 0 saturated carbocycles. The molecule has 0 radical (unpaired) electrons. The quantitative estimate of drug-likeness (QED) is 0.501. The van der Waals surface area contributed by atoms with Crippen molar-refractivity contribution in [2.24, 2.45) is 0 Å². The van der Waals surface area contributed by atoms with Crippen LogP contribution in [-0.2, 0) is 0 Å². The minimum absolute atomic E-state index is 0.0695. The molecule has 3 aromatic rings. The summed E-state index contributed by atoms with van der Waals surface area (Å²) >= 11 is 3.34. The normalized spacial score (nSPS) is 12.6. The lowest BCUT2D eigenvalue weighted by Crippen LogP contribution is -2.00. The van der Waals surface area contributed by atoms with Gasteiger partial charge < -0.3 is 0 Å². The Balaban J connectivity index is 2.11. The summed E-state index contributed by atoms with van der Waals surface area (Å²) in [4.78, 5) is 25.4. The summed E-state index contributed by atoms with van der Waals surface area (Å²) in [6, 6.07) is 9.23. The SMILES string of the molecule is O=C1c2ccccc2-c2nc3ncc(Br)cc3nc21. The molecule has 0 fully saturated rings. The fourth-order valence-electron chi connectivity index (χ4n) is 2.28. The Bertz CT molecular complexity index is 860. The number of hydrogen-bond donors (Lipinski definition) is 0. The zero-order valence-electron chi connectivity index (χ0n) is 9.59. The molecular formula is C14H6BrN3O.